The second-order valence-corrected chi connectivity index (χ2v) is 20.9. The Morgan fingerprint density at radius 3 is 1.46 bits per heavy atom. The number of hydrogen-bond acceptors (Lipinski definition) is 13. The summed E-state index contributed by atoms with van der Waals surface area (Å²) in [6.45, 7) is 7.13. The van der Waals surface area contributed by atoms with Crippen LogP contribution in [0.5, 0.6) is 23.0 Å². The predicted molar refractivity (Wildman–Crippen MR) is 284 cm³/mol. The number of carboxylic acids is 1. The monoisotopic (exact) mass is 1140 g/mol. The Bertz CT molecular complexity index is 2630. The van der Waals surface area contributed by atoms with Crippen molar-refractivity contribution < 1.29 is 70.2 Å². The number of nitrogens with zero attached hydrogens (tertiary/aromatic N) is 4. The highest BCUT2D eigenvalue weighted by molar-refractivity contribution is 6.30. The highest BCUT2D eigenvalue weighted by Crippen LogP contribution is 2.47. The minimum absolute atomic E-state index is 0. The van der Waals surface area contributed by atoms with Gasteiger partial charge in [0.15, 0.2) is 23.0 Å². The van der Waals surface area contributed by atoms with Crippen LogP contribution in [0.4, 0.5) is 37.7 Å². The number of halogens is 8. The van der Waals surface area contributed by atoms with Crippen LogP contribution < -0.4 is 39.8 Å². The number of carbonyl (C=O) groups excluding carboxylic acids is 1. The number of aliphatic carboxylic acids is 1. The number of aliphatic hydroxyl groups is 2. The Morgan fingerprint density at radius 1 is 0.615 bits per heavy atom. The molecule has 6 heterocycles. The number of carbonyl (C=O) groups is 2. The second-order valence-electron chi connectivity index (χ2n) is 20.0. The largest absolute Gasteiger partial charge is 0.486 e. The van der Waals surface area contributed by atoms with Crippen LogP contribution in [-0.2, 0) is 21.9 Å². The van der Waals surface area contributed by atoms with Crippen molar-refractivity contribution in [3.8, 4) is 23.0 Å². The van der Waals surface area contributed by atoms with Gasteiger partial charge in [0.05, 0.1) is 24.0 Å². The van der Waals surface area contributed by atoms with Gasteiger partial charge in [-0.1, -0.05) is 30.6 Å². The first-order valence-electron chi connectivity index (χ1n) is 25.8. The Morgan fingerprint density at radius 2 is 1.03 bits per heavy atom. The number of nitrogens with two attached hydrogens (primary N) is 1. The number of aliphatic hydroxyl groups excluding tert-OH is 2. The van der Waals surface area contributed by atoms with Gasteiger partial charge < -0.3 is 64.9 Å². The van der Waals surface area contributed by atoms with Crippen LogP contribution in [0.1, 0.15) is 80.4 Å². The third-order valence-electron chi connectivity index (χ3n) is 14.5. The van der Waals surface area contributed by atoms with E-state index in [4.69, 9.17) is 53.0 Å². The van der Waals surface area contributed by atoms with E-state index in [1.807, 2.05) is 36.4 Å². The number of alkyl halides is 6. The maximum Gasteiger partial charge on any atom is 0.420 e. The molecule has 1 amide bonds. The first-order valence-corrected chi connectivity index (χ1v) is 26.6. The van der Waals surface area contributed by atoms with Crippen LogP contribution in [0.3, 0.4) is 0 Å². The molecule has 4 saturated heterocycles. The number of hydrogen-bond donors (Lipinski definition) is 5. The lowest BCUT2D eigenvalue weighted by molar-refractivity contribution is -0.141. The van der Waals surface area contributed by atoms with Crippen LogP contribution in [0.2, 0.25) is 10.0 Å². The van der Waals surface area contributed by atoms with Gasteiger partial charge in [-0.2, -0.15) is 26.3 Å². The number of benzene rings is 4. The van der Waals surface area contributed by atoms with Gasteiger partial charge in [0.2, 0.25) is 5.91 Å². The number of amides is 1. The summed E-state index contributed by atoms with van der Waals surface area (Å²) in [5, 5.41) is 35.0. The van der Waals surface area contributed by atoms with E-state index in [0.29, 0.717) is 49.2 Å². The molecule has 4 aromatic carbocycles. The Balaban J connectivity index is 0.000000187. The quantitative estimate of drug-likeness (QED) is 0.0800. The van der Waals surface area contributed by atoms with Gasteiger partial charge in [-0.25, -0.2) is 0 Å². The average molecular weight is 1140 g/mol. The Labute approximate surface area is 460 Å². The second kappa shape index (κ2) is 26.7. The summed E-state index contributed by atoms with van der Waals surface area (Å²) in [6, 6.07) is 18.0. The number of likely N-dealkylation sites (tertiary alicyclic amines) is 2. The summed E-state index contributed by atoms with van der Waals surface area (Å²) in [5.41, 5.74) is 6.22. The molecule has 4 fully saturated rings. The number of carboxylic acid groups (broad SMARTS) is 1. The summed E-state index contributed by atoms with van der Waals surface area (Å²) in [5.74, 6) is -2.22. The molecular weight excluding hydrogens is 1070 g/mol. The van der Waals surface area contributed by atoms with E-state index in [9.17, 15) is 46.1 Å². The molecule has 6 aliphatic rings. The summed E-state index contributed by atoms with van der Waals surface area (Å²) in [7, 11) is 0. The number of ether oxygens (including phenoxy) is 4. The highest BCUT2D eigenvalue weighted by Gasteiger charge is 2.41. The Kier molecular flexibility index (Phi) is 20.6. The lowest BCUT2D eigenvalue weighted by Crippen LogP contribution is -2.48. The van der Waals surface area contributed by atoms with Gasteiger partial charge in [-0.05, 0) is 149 Å². The zero-order valence-electron chi connectivity index (χ0n) is 42.2. The SMILES string of the molecule is C.N[C@H](CN1CCCC1)[C@H](O)c1cc2c(c(C(F)(F)F)c1)OCCO2.O=C(N[C@H](CN1CCCC1)[C@H](O)c1cc2c(c(C(F)(F)F)c1)OCCO2)[C@@H]1CCN(c2ccc(Cl)cc2)C1.O=C(O)[C@@H]1CCN(c2ccc(Cl)cc2)C1. The topological polar surface area (TPSA) is 183 Å². The Hall–Kier alpha value is -5.42. The van der Waals surface area contributed by atoms with E-state index in [0.717, 1.165) is 88.3 Å². The minimum atomic E-state index is -4.69. The highest BCUT2D eigenvalue weighted by atomic mass is 35.5. The van der Waals surface area contributed by atoms with Gasteiger partial charge in [0.1, 0.15) is 43.7 Å². The summed E-state index contributed by atoms with van der Waals surface area (Å²) < 4.78 is 103. The summed E-state index contributed by atoms with van der Waals surface area (Å²) in [4.78, 5) is 32.5. The van der Waals surface area contributed by atoms with E-state index < -0.39 is 53.7 Å². The van der Waals surface area contributed by atoms with Crippen LogP contribution in [0, 0.1) is 11.8 Å². The normalized spacial score (nSPS) is 20.8. The molecule has 4 aromatic rings. The smallest absolute Gasteiger partial charge is 0.420 e. The van der Waals surface area contributed by atoms with Crippen LogP contribution in [0.25, 0.3) is 0 Å². The van der Waals surface area contributed by atoms with Crippen molar-refractivity contribution in [3.63, 3.8) is 0 Å². The third kappa shape index (κ3) is 15.5. The molecule has 23 heteroatoms. The lowest BCUT2D eigenvalue weighted by Gasteiger charge is -2.31. The zero-order chi connectivity index (χ0) is 55.0. The molecule has 428 valence electrons. The van der Waals surface area contributed by atoms with Gasteiger partial charge >= 0.3 is 18.3 Å². The van der Waals surface area contributed by atoms with Crippen molar-refractivity contribution >= 4 is 46.5 Å². The lowest BCUT2D eigenvalue weighted by atomic mass is 9.97. The molecule has 0 saturated carbocycles. The molecule has 0 aliphatic carbocycles. The molecule has 10 rings (SSSR count). The van der Waals surface area contributed by atoms with Crippen molar-refractivity contribution in [2.75, 3.05) is 102 Å². The maximum atomic E-state index is 13.9. The van der Waals surface area contributed by atoms with E-state index in [-0.39, 0.29) is 85.7 Å². The standard InChI is InChI=1S/C27H31ClF3N3O4.C16H21F3N2O3.C11H12ClNO2.CH4/c28-19-3-5-20(6-4-19)34-10-7-17(15-34)26(36)32-22(16-33-8-1-2-9-33)24(35)18-13-21(27(29,30)31)25-23(14-18)37-11-12-38-25;17-16(18,19)11-7-10(8-13-15(11)24-6-5-23-13)14(22)12(20)9-21-3-1-2-4-21;12-9-1-3-10(4-2-9)13-6-5-8(7-13)11(14)15;/h3-6,13-14,17,22,24,35H,1-2,7-12,15-16H2,(H,32,36);7-8,12,14,22H,1-6,9,20H2;1-4,8H,5-7H2,(H,14,15);1H4/t17-,22-,24-;12-,14-;8-;/m111./s1. The maximum absolute atomic E-state index is 13.9. The molecule has 6 atom stereocenters. The van der Waals surface area contributed by atoms with Crippen molar-refractivity contribution in [3.05, 3.63) is 105 Å². The van der Waals surface area contributed by atoms with Crippen molar-refractivity contribution in [2.45, 2.75) is 82.6 Å². The molecule has 78 heavy (non-hydrogen) atoms. The third-order valence-corrected chi connectivity index (χ3v) is 15.0. The summed E-state index contributed by atoms with van der Waals surface area (Å²) in [6.07, 6.45) is -6.37. The first kappa shape index (κ1) is 60.2. The fraction of sp³-hybridized carbons (Fsp3) is 0.527. The molecule has 0 aromatic heterocycles. The number of fused-ring (bicyclic) bond motifs is 2. The predicted octanol–water partition coefficient (Wildman–Crippen LogP) is 9.09. The molecule has 0 radical (unpaired) electrons. The van der Waals surface area contributed by atoms with Crippen LogP contribution >= 0.6 is 23.2 Å². The number of nitrogens with one attached hydrogen (secondary N) is 1. The van der Waals surface area contributed by atoms with Gasteiger partial charge in [0, 0.05) is 66.7 Å². The first-order chi connectivity index (χ1) is 36.7. The van der Waals surface area contributed by atoms with Crippen molar-refractivity contribution in [1.82, 2.24) is 15.1 Å². The molecule has 15 nitrogen and oxygen atoms in total. The van der Waals surface area contributed by atoms with Crippen LogP contribution in [-0.4, -0.2) is 141 Å². The van der Waals surface area contributed by atoms with Gasteiger partial charge in [0.25, 0.3) is 0 Å². The summed E-state index contributed by atoms with van der Waals surface area (Å²) >= 11 is 11.8. The zero-order valence-corrected chi connectivity index (χ0v) is 43.7. The van der Waals surface area contributed by atoms with E-state index in [1.54, 1.807) is 12.1 Å². The molecule has 0 bridgehead atoms. The molecule has 0 unspecified atom stereocenters. The molecule has 0 spiro atoms. The van der Waals surface area contributed by atoms with Gasteiger partial charge in [-0.3, -0.25) is 9.59 Å². The molecule has 6 N–H and O–H groups in total. The average Bonchev–Trinajstić information content (AvgIpc) is 4.31. The van der Waals surface area contributed by atoms with E-state index in [2.05, 4.69) is 24.9 Å². The van der Waals surface area contributed by atoms with E-state index >= 15 is 0 Å². The van der Waals surface area contributed by atoms with Gasteiger partial charge in [-0.15, -0.1) is 0 Å². The van der Waals surface area contributed by atoms with Crippen molar-refractivity contribution in [1.29, 1.82) is 0 Å². The fourth-order valence-electron chi connectivity index (χ4n) is 10.4. The number of anilines is 2. The van der Waals surface area contributed by atoms with Crippen molar-refractivity contribution in [2.24, 2.45) is 17.6 Å². The molecular formula is C55H68Cl2F6N6O9. The number of rotatable bonds is 13. The van der Waals surface area contributed by atoms with Crippen LogP contribution in [0.15, 0.2) is 72.8 Å². The molecule has 6 aliphatic heterocycles. The minimum Gasteiger partial charge on any atom is -0.486 e. The fourth-order valence-corrected chi connectivity index (χ4v) is 10.7. The van der Waals surface area contributed by atoms with E-state index in [1.165, 1.54) is 12.1 Å².